The van der Waals surface area contributed by atoms with Gasteiger partial charge < -0.3 is 9.30 Å². The molecular formula is C18H21NO5S2. The molecule has 140 valence electrons. The molecule has 0 unspecified atom stereocenters. The molecule has 1 aliphatic heterocycles. The van der Waals surface area contributed by atoms with Gasteiger partial charge in [-0.25, -0.2) is 8.42 Å². The van der Waals surface area contributed by atoms with Crippen LogP contribution in [0.2, 0.25) is 0 Å². The average molecular weight is 396 g/mol. The SMILES string of the molecule is Cc1cc(C(=O)COC(=O)Cc2ccsc2)c(C)n1[C@H]1CCS(=O)(=O)C1. The normalized spacial score (nSPS) is 18.8. The number of Topliss-reactive ketones (excluding diaryl/α,β-unsaturated/α-hetero) is 1. The van der Waals surface area contributed by atoms with Crippen molar-refractivity contribution in [1.82, 2.24) is 4.57 Å². The Morgan fingerprint density at radius 2 is 2.12 bits per heavy atom. The first-order valence-electron chi connectivity index (χ1n) is 8.35. The molecule has 8 heteroatoms. The highest BCUT2D eigenvalue weighted by Gasteiger charge is 2.31. The lowest BCUT2D eigenvalue weighted by molar-refractivity contribution is -0.141. The number of thiophene rings is 1. The third-order valence-corrected chi connectivity index (χ3v) is 7.13. The van der Waals surface area contributed by atoms with Gasteiger partial charge in [0.1, 0.15) is 0 Å². The topological polar surface area (TPSA) is 82.4 Å². The summed E-state index contributed by atoms with van der Waals surface area (Å²) < 4.78 is 30.5. The van der Waals surface area contributed by atoms with Gasteiger partial charge in [0.15, 0.2) is 16.4 Å². The standard InChI is InChI=1S/C18H21NO5S2/c1-12-7-16(13(2)19(12)15-4-6-26(22,23)11-15)17(20)9-24-18(21)8-14-3-5-25-10-14/h3,5,7,10,15H,4,6,8-9,11H2,1-2H3/t15-/m0/s1. The fourth-order valence-corrected chi connectivity index (χ4v) is 5.80. The summed E-state index contributed by atoms with van der Waals surface area (Å²) in [4.78, 5) is 24.3. The van der Waals surface area contributed by atoms with E-state index in [4.69, 9.17) is 4.74 Å². The molecule has 0 bridgehead atoms. The van der Waals surface area contributed by atoms with Crippen molar-refractivity contribution in [2.75, 3.05) is 18.1 Å². The summed E-state index contributed by atoms with van der Waals surface area (Å²) in [5.41, 5.74) is 2.92. The molecule has 1 aliphatic rings. The third-order valence-electron chi connectivity index (χ3n) is 4.65. The van der Waals surface area contributed by atoms with Crippen molar-refractivity contribution >= 4 is 32.9 Å². The monoisotopic (exact) mass is 395 g/mol. The van der Waals surface area contributed by atoms with Crippen LogP contribution in [0.4, 0.5) is 0 Å². The number of aryl methyl sites for hydroxylation is 1. The maximum atomic E-state index is 12.5. The second kappa shape index (κ2) is 7.36. The van der Waals surface area contributed by atoms with Crippen LogP contribution in [-0.4, -0.2) is 42.9 Å². The van der Waals surface area contributed by atoms with Gasteiger partial charge in [-0.2, -0.15) is 11.3 Å². The van der Waals surface area contributed by atoms with E-state index in [0.29, 0.717) is 12.0 Å². The van der Waals surface area contributed by atoms with E-state index >= 15 is 0 Å². The molecule has 0 saturated carbocycles. The highest BCUT2D eigenvalue weighted by atomic mass is 32.2. The Hall–Kier alpha value is -1.93. The number of ether oxygens (including phenoxy) is 1. The summed E-state index contributed by atoms with van der Waals surface area (Å²) in [6.45, 7) is 3.35. The zero-order valence-electron chi connectivity index (χ0n) is 14.7. The maximum absolute atomic E-state index is 12.5. The molecule has 26 heavy (non-hydrogen) atoms. The Bertz CT molecular complexity index is 925. The molecule has 0 amide bonds. The van der Waals surface area contributed by atoms with Gasteiger partial charge >= 0.3 is 5.97 Å². The van der Waals surface area contributed by atoms with Crippen molar-refractivity contribution in [2.45, 2.75) is 32.7 Å². The van der Waals surface area contributed by atoms with Gasteiger partial charge in [-0.1, -0.05) is 0 Å². The Morgan fingerprint density at radius 1 is 1.35 bits per heavy atom. The van der Waals surface area contributed by atoms with E-state index in [-0.39, 0.29) is 36.4 Å². The summed E-state index contributed by atoms with van der Waals surface area (Å²) in [5.74, 6) is -0.429. The highest BCUT2D eigenvalue weighted by Crippen LogP contribution is 2.29. The smallest absolute Gasteiger partial charge is 0.310 e. The first kappa shape index (κ1) is 18.8. The summed E-state index contributed by atoms with van der Waals surface area (Å²) >= 11 is 1.50. The number of hydrogen-bond donors (Lipinski definition) is 0. The summed E-state index contributed by atoms with van der Waals surface area (Å²) in [6.07, 6.45) is 0.706. The van der Waals surface area contributed by atoms with E-state index in [9.17, 15) is 18.0 Å². The lowest BCUT2D eigenvalue weighted by atomic mass is 10.1. The van der Waals surface area contributed by atoms with Crippen LogP contribution in [0.15, 0.2) is 22.9 Å². The van der Waals surface area contributed by atoms with E-state index in [2.05, 4.69) is 0 Å². The van der Waals surface area contributed by atoms with Crippen LogP contribution in [0.3, 0.4) is 0 Å². The van der Waals surface area contributed by atoms with E-state index in [1.165, 1.54) is 11.3 Å². The van der Waals surface area contributed by atoms with E-state index in [1.54, 1.807) is 13.0 Å². The van der Waals surface area contributed by atoms with Gasteiger partial charge in [-0.15, -0.1) is 0 Å². The Balaban J connectivity index is 1.66. The second-order valence-corrected chi connectivity index (χ2v) is 9.61. The highest BCUT2D eigenvalue weighted by molar-refractivity contribution is 7.91. The Labute approximate surface area is 156 Å². The summed E-state index contributed by atoms with van der Waals surface area (Å²) in [7, 11) is -3.01. The minimum Gasteiger partial charge on any atom is -0.457 e. The van der Waals surface area contributed by atoms with Gasteiger partial charge in [0, 0.05) is 23.0 Å². The number of esters is 1. The number of sulfone groups is 1. The molecule has 0 spiro atoms. The summed E-state index contributed by atoms with van der Waals surface area (Å²) in [6, 6.07) is 3.45. The van der Waals surface area contributed by atoms with Crippen molar-refractivity contribution in [3.8, 4) is 0 Å². The number of rotatable bonds is 6. The molecule has 0 aliphatic carbocycles. The molecule has 3 heterocycles. The molecule has 0 aromatic carbocycles. The van der Waals surface area contributed by atoms with E-state index in [1.807, 2.05) is 28.3 Å². The zero-order valence-corrected chi connectivity index (χ0v) is 16.4. The number of carbonyl (C=O) groups excluding carboxylic acids is 2. The van der Waals surface area contributed by atoms with Crippen LogP contribution >= 0.6 is 11.3 Å². The van der Waals surface area contributed by atoms with Crippen molar-refractivity contribution in [2.24, 2.45) is 0 Å². The Morgan fingerprint density at radius 3 is 2.73 bits per heavy atom. The molecule has 1 atom stereocenters. The summed E-state index contributed by atoms with van der Waals surface area (Å²) in [5, 5.41) is 3.75. The Kier molecular flexibility index (Phi) is 5.34. The number of aromatic nitrogens is 1. The second-order valence-electron chi connectivity index (χ2n) is 6.60. The number of ketones is 1. The van der Waals surface area contributed by atoms with Crippen molar-refractivity contribution in [3.63, 3.8) is 0 Å². The van der Waals surface area contributed by atoms with Crippen molar-refractivity contribution in [3.05, 3.63) is 45.4 Å². The molecule has 3 rings (SSSR count). The van der Waals surface area contributed by atoms with Crippen LogP contribution in [0.5, 0.6) is 0 Å². The van der Waals surface area contributed by atoms with Crippen LogP contribution in [0.1, 0.15) is 39.8 Å². The van der Waals surface area contributed by atoms with Gasteiger partial charge in [0.25, 0.3) is 0 Å². The molecule has 1 fully saturated rings. The van der Waals surface area contributed by atoms with Gasteiger partial charge in [-0.3, -0.25) is 9.59 Å². The zero-order chi connectivity index (χ0) is 18.9. The van der Waals surface area contributed by atoms with Crippen molar-refractivity contribution in [1.29, 1.82) is 0 Å². The first-order chi connectivity index (χ1) is 12.3. The molecule has 0 radical (unpaired) electrons. The predicted octanol–water partition coefficient (Wildman–Crippen LogP) is 2.49. The lowest BCUT2D eigenvalue weighted by Gasteiger charge is -2.16. The van der Waals surface area contributed by atoms with E-state index < -0.39 is 15.8 Å². The van der Waals surface area contributed by atoms with E-state index in [0.717, 1.165) is 17.0 Å². The molecule has 2 aromatic heterocycles. The predicted molar refractivity (Wildman–Crippen MR) is 99.5 cm³/mol. The fourth-order valence-electron chi connectivity index (χ4n) is 3.44. The van der Waals surface area contributed by atoms with Gasteiger partial charge in [0.2, 0.25) is 5.78 Å². The van der Waals surface area contributed by atoms with Gasteiger partial charge in [0.05, 0.1) is 17.9 Å². The molecule has 0 N–H and O–H groups in total. The van der Waals surface area contributed by atoms with Gasteiger partial charge in [-0.05, 0) is 48.7 Å². The molecule has 2 aromatic rings. The van der Waals surface area contributed by atoms with Crippen LogP contribution in [0.25, 0.3) is 0 Å². The largest absolute Gasteiger partial charge is 0.457 e. The molecule has 6 nitrogen and oxygen atoms in total. The van der Waals surface area contributed by atoms with Crippen LogP contribution in [-0.2, 0) is 25.8 Å². The maximum Gasteiger partial charge on any atom is 0.310 e. The third kappa shape index (κ3) is 4.07. The number of nitrogens with zero attached hydrogens (tertiary/aromatic N) is 1. The van der Waals surface area contributed by atoms with Crippen molar-refractivity contribution < 1.29 is 22.7 Å². The minimum atomic E-state index is -3.01. The number of hydrogen-bond acceptors (Lipinski definition) is 6. The van der Waals surface area contributed by atoms with Crippen LogP contribution < -0.4 is 0 Å². The number of carbonyl (C=O) groups is 2. The minimum absolute atomic E-state index is 0.104. The average Bonchev–Trinajstić information content (AvgIpc) is 3.25. The quantitative estimate of drug-likeness (QED) is 0.554. The fraction of sp³-hybridized carbons (Fsp3) is 0.444. The molecular weight excluding hydrogens is 374 g/mol. The lowest BCUT2D eigenvalue weighted by Crippen LogP contribution is -2.17. The first-order valence-corrected chi connectivity index (χ1v) is 11.1. The molecule has 1 saturated heterocycles. The van der Waals surface area contributed by atoms with Crippen LogP contribution in [0, 0.1) is 13.8 Å².